The van der Waals surface area contributed by atoms with E-state index in [0.29, 0.717) is 11.3 Å². The average Bonchev–Trinajstić information content (AvgIpc) is 2.16. The molecule has 1 N–H and O–H groups in total. The third-order valence-electron chi connectivity index (χ3n) is 1.48. The molecule has 5 nitrogen and oxygen atoms in total. The molecule has 1 unspecified atom stereocenters. The standard InChI is InChI=1S/C8H9NO4S.Na/c1-13-8(10)6-3-2-4-7(5-6)9-14(11)12;/h2-5,9H,1H3,(H,11,12);/p-1. The Morgan fingerprint density at radius 2 is 2.20 bits per heavy atom. The number of anilines is 1. The molecule has 0 aliphatic heterocycles. The molecule has 0 bridgehead atoms. The van der Waals surface area contributed by atoms with Gasteiger partial charge in [-0.15, -0.1) is 0 Å². The van der Waals surface area contributed by atoms with Gasteiger partial charge in [0, 0.05) is 46.5 Å². The first-order chi connectivity index (χ1) is 6.63. The van der Waals surface area contributed by atoms with E-state index in [1.165, 1.54) is 25.3 Å². The smallest absolute Gasteiger partial charge is 0.337 e. The molecule has 15 heavy (non-hydrogen) atoms. The first-order valence-corrected chi connectivity index (χ1v) is 4.75. The molecule has 1 rings (SSSR count). The molecule has 0 amide bonds. The van der Waals surface area contributed by atoms with Gasteiger partial charge in [-0.05, 0) is 18.2 Å². The van der Waals surface area contributed by atoms with Crippen molar-refractivity contribution in [3.63, 3.8) is 0 Å². The Labute approximate surface area is 112 Å². The van der Waals surface area contributed by atoms with Crippen LogP contribution in [0.5, 0.6) is 0 Å². The van der Waals surface area contributed by atoms with Gasteiger partial charge in [0.25, 0.3) is 0 Å². The molecule has 0 heterocycles. The fraction of sp³-hybridized carbons (Fsp3) is 0.125. The van der Waals surface area contributed by atoms with E-state index in [4.69, 9.17) is 0 Å². The van der Waals surface area contributed by atoms with Crippen molar-refractivity contribution in [3.8, 4) is 0 Å². The van der Waals surface area contributed by atoms with E-state index in [1.807, 2.05) is 0 Å². The summed E-state index contributed by atoms with van der Waals surface area (Å²) in [6, 6.07) is 6.01. The van der Waals surface area contributed by atoms with Gasteiger partial charge in [0.1, 0.15) is 0 Å². The molecule has 1 aromatic rings. The van der Waals surface area contributed by atoms with Crippen LogP contribution < -0.4 is 4.72 Å². The van der Waals surface area contributed by atoms with Crippen molar-refractivity contribution in [1.82, 2.24) is 0 Å². The van der Waals surface area contributed by atoms with Crippen molar-refractivity contribution in [2.75, 3.05) is 11.8 Å². The first kappa shape index (κ1) is 14.6. The zero-order valence-corrected chi connectivity index (χ0v) is 11.2. The fourth-order valence-electron chi connectivity index (χ4n) is 0.924. The number of carbonyl (C=O) groups is 1. The number of ether oxygens (including phenoxy) is 1. The third-order valence-corrected chi connectivity index (χ3v) is 1.89. The largest absolute Gasteiger partial charge is 0.755 e. The zero-order chi connectivity index (χ0) is 10.6. The topological polar surface area (TPSA) is 78.5 Å². The van der Waals surface area contributed by atoms with Crippen LogP contribution in [0.25, 0.3) is 0 Å². The number of nitrogens with one attached hydrogen (secondary N) is 1. The quantitative estimate of drug-likeness (QED) is 0.466. The van der Waals surface area contributed by atoms with Crippen molar-refractivity contribution in [3.05, 3.63) is 29.8 Å². The van der Waals surface area contributed by atoms with Crippen LogP contribution in [0.4, 0.5) is 5.69 Å². The van der Waals surface area contributed by atoms with E-state index in [2.05, 4.69) is 9.46 Å². The predicted octanol–water partition coefficient (Wildman–Crippen LogP) is 0.298. The Hall–Kier alpha value is -0.400. The van der Waals surface area contributed by atoms with E-state index in [1.54, 1.807) is 6.07 Å². The van der Waals surface area contributed by atoms with Crippen molar-refractivity contribution < 1.29 is 18.3 Å². The molecule has 77 valence electrons. The van der Waals surface area contributed by atoms with Crippen LogP contribution in [0, 0.1) is 0 Å². The summed E-state index contributed by atoms with van der Waals surface area (Å²) in [5, 5.41) is 0. The molecule has 0 aliphatic rings. The summed E-state index contributed by atoms with van der Waals surface area (Å²) in [6.07, 6.45) is 0. The van der Waals surface area contributed by atoms with Crippen LogP contribution in [0.15, 0.2) is 24.3 Å². The molecular formula is C8H8NNaO4S-. The number of methoxy groups -OCH3 is 1. The number of esters is 1. The van der Waals surface area contributed by atoms with Gasteiger partial charge in [-0.1, -0.05) is 6.07 Å². The van der Waals surface area contributed by atoms with E-state index in [0.717, 1.165) is 0 Å². The Morgan fingerprint density at radius 3 is 2.73 bits per heavy atom. The van der Waals surface area contributed by atoms with Crippen LogP contribution in [0.2, 0.25) is 0 Å². The minimum Gasteiger partial charge on any atom is -0.755 e. The molecule has 0 saturated carbocycles. The molecule has 7 heteroatoms. The number of hydrogen-bond acceptors (Lipinski definition) is 4. The zero-order valence-electron chi connectivity index (χ0n) is 8.35. The number of carbonyl (C=O) groups excluding carboxylic acids is 1. The third kappa shape index (κ3) is 4.76. The summed E-state index contributed by atoms with van der Waals surface area (Å²) >= 11 is -2.39. The van der Waals surface area contributed by atoms with Crippen LogP contribution in [0.3, 0.4) is 0 Å². The summed E-state index contributed by atoms with van der Waals surface area (Å²) in [7, 11) is 1.26. The van der Waals surface area contributed by atoms with E-state index < -0.39 is 17.2 Å². The number of rotatable bonds is 3. The summed E-state index contributed by atoms with van der Waals surface area (Å²) in [6.45, 7) is 0. The normalized spacial score (nSPS) is 11.1. The fourth-order valence-corrected chi connectivity index (χ4v) is 1.24. The van der Waals surface area contributed by atoms with Gasteiger partial charge in [-0.25, -0.2) is 4.79 Å². The minimum atomic E-state index is -2.39. The molecule has 0 spiro atoms. The van der Waals surface area contributed by atoms with Gasteiger partial charge in [0.05, 0.1) is 12.7 Å². The Kier molecular flexibility index (Phi) is 6.78. The second-order valence-electron chi connectivity index (χ2n) is 2.41. The van der Waals surface area contributed by atoms with Crippen molar-refractivity contribution >= 4 is 52.5 Å². The molecule has 0 aromatic heterocycles. The Morgan fingerprint density at radius 1 is 1.53 bits per heavy atom. The Balaban J connectivity index is 0.00000196. The second kappa shape index (κ2) is 6.97. The maximum Gasteiger partial charge on any atom is 0.337 e. The van der Waals surface area contributed by atoms with E-state index in [9.17, 15) is 13.6 Å². The summed E-state index contributed by atoms with van der Waals surface area (Å²) in [4.78, 5) is 11.0. The van der Waals surface area contributed by atoms with Crippen molar-refractivity contribution in [2.45, 2.75) is 0 Å². The minimum absolute atomic E-state index is 0. The van der Waals surface area contributed by atoms with Gasteiger partial charge >= 0.3 is 5.97 Å². The molecule has 1 atom stereocenters. The first-order valence-electron chi connectivity index (χ1n) is 3.68. The van der Waals surface area contributed by atoms with Crippen LogP contribution >= 0.6 is 0 Å². The average molecular weight is 237 g/mol. The van der Waals surface area contributed by atoms with Crippen LogP contribution in [-0.4, -0.2) is 51.4 Å². The van der Waals surface area contributed by atoms with Gasteiger partial charge in [0.15, 0.2) is 0 Å². The molecular weight excluding hydrogens is 229 g/mol. The maximum absolute atomic E-state index is 11.0. The second-order valence-corrected chi connectivity index (χ2v) is 3.08. The number of benzene rings is 1. The van der Waals surface area contributed by atoms with Gasteiger partial charge < -0.3 is 14.0 Å². The summed E-state index contributed by atoms with van der Waals surface area (Å²) in [5.41, 5.74) is 0.615. The van der Waals surface area contributed by atoms with Gasteiger partial charge in [0.2, 0.25) is 0 Å². The molecule has 1 radical (unpaired) electrons. The molecule has 0 fully saturated rings. The van der Waals surface area contributed by atoms with E-state index >= 15 is 0 Å². The van der Waals surface area contributed by atoms with Gasteiger partial charge in [-0.3, -0.25) is 4.21 Å². The monoisotopic (exact) mass is 237 g/mol. The molecule has 0 saturated heterocycles. The van der Waals surface area contributed by atoms with E-state index in [-0.39, 0.29) is 29.6 Å². The van der Waals surface area contributed by atoms with Crippen LogP contribution in [-0.2, 0) is 16.0 Å². The Bertz CT molecular complexity index is 371. The SMILES string of the molecule is COC(=O)c1cccc(NS(=O)[O-])c1.[Na]. The van der Waals surface area contributed by atoms with Crippen LogP contribution in [0.1, 0.15) is 10.4 Å². The van der Waals surface area contributed by atoms with Crippen molar-refractivity contribution in [2.24, 2.45) is 0 Å². The summed E-state index contributed by atoms with van der Waals surface area (Å²) in [5.74, 6) is -0.509. The molecule has 1 aromatic carbocycles. The number of hydrogen-bond donors (Lipinski definition) is 1. The molecule has 0 aliphatic carbocycles. The van der Waals surface area contributed by atoms with Gasteiger partial charge in [-0.2, -0.15) is 0 Å². The summed E-state index contributed by atoms with van der Waals surface area (Å²) < 4.78 is 27.2. The predicted molar refractivity (Wildman–Crippen MR) is 56.1 cm³/mol. The van der Waals surface area contributed by atoms with Crippen molar-refractivity contribution in [1.29, 1.82) is 0 Å². The maximum atomic E-state index is 11.0.